The van der Waals surface area contributed by atoms with Crippen LogP contribution in [-0.4, -0.2) is 44.8 Å². The van der Waals surface area contributed by atoms with Gasteiger partial charge in [0.05, 0.1) is 5.69 Å². The Balaban J connectivity index is 1.50. The highest BCUT2D eigenvalue weighted by Gasteiger charge is 2.44. The Bertz CT molecular complexity index is 756. The lowest BCUT2D eigenvalue weighted by atomic mass is 10.3. The number of fused-ring (bicyclic) bond motifs is 1. The highest BCUT2D eigenvalue weighted by molar-refractivity contribution is 7.99. The molecule has 0 fully saturated rings. The Morgan fingerprint density at radius 1 is 1.42 bits per heavy atom. The normalized spacial score (nSPS) is 14.5. The molecule has 0 aliphatic carbocycles. The van der Waals surface area contributed by atoms with Crippen molar-refractivity contribution >= 4 is 23.5 Å². The van der Waals surface area contributed by atoms with Gasteiger partial charge in [0.15, 0.2) is 11.5 Å². The van der Waals surface area contributed by atoms with Crippen LogP contribution in [0.1, 0.15) is 0 Å². The number of halogens is 2. The van der Waals surface area contributed by atoms with Gasteiger partial charge in [0.25, 0.3) is 0 Å². The number of aryl methyl sites for hydroxylation is 1. The van der Waals surface area contributed by atoms with E-state index in [2.05, 4.69) is 35.6 Å². The van der Waals surface area contributed by atoms with Gasteiger partial charge in [-0.05, 0) is 22.6 Å². The molecule has 1 aliphatic rings. The number of para-hydroxylation sites is 1. The fraction of sp³-hybridized carbons (Fsp3) is 0.333. The number of amides is 2. The van der Waals surface area contributed by atoms with Crippen molar-refractivity contribution in [1.82, 2.24) is 25.5 Å². The first-order chi connectivity index (χ1) is 11.4. The number of aromatic nitrogens is 4. The van der Waals surface area contributed by atoms with Crippen molar-refractivity contribution in [2.24, 2.45) is 7.05 Å². The molecule has 1 aromatic heterocycles. The maximum absolute atomic E-state index is 13.1. The highest BCUT2D eigenvalue weighted by Crippen LogP contribution is 2.45. The third-order valence-corrected chi connectivity index (χ3v) is 3.89. The molecule has 2 N–H and O–H groups in total. The minimum Gasteiger partial charge on any atom is -0.395 e. The molecular formula is C12H12F2N6O3S. The molecule has 24 heavy (non-hydrogen) atoms. The van der Waals surface area contributed by atoms with Crippen LogP contribution in [0.2, 0.25) is 0 Å². The summed E-state index contributed by atoms with van der Waals surface area (Å²) in [6.07, 6.45) is -3.74. The zero-order valence-electron chi connectivity index (χ0n) is 12.3. The lowest BCUT2D eigenvalue weighted by Gasteiger charge is -2.09. The fourth-order valence-corrected chi connectivity index (χ4v) is 2.59. The number of nitrogens with zero attached hydrogens (tertiary/aromatic N) is 4. The average Bonchev–Trinajstić information content (AvgIpc) is 3.06. The molecule has 12 heteroatoms. The number of hydrogen-bond acceptors (Lipinski definition) is 7. The van der Waals surface area contributed by atoms with E-state index in [1.54, 1.807) is 7.05 Å². The average molecular weight is 358 g/mol. The lowest BCUT2D eigenvalue weighted by molar-refractivity contribution is -0.286. The Hall–Kier alpha value is -2.63. The van der Waals surface area contributed by atoms with Crippen molar-refractivity contribution in [2.75, 3.05) is 17.6 Å². The zero-order valence-corrected chi connectivity index (χ0v) is 13.1. The number of anilines is 1. The van der Waals surface area contributed by atoms with Crippen molar-refractivity contribution in [3.8, 4) is 11.5 Å². The summed E-state index contributed by atoms with van der Waals surface area (Å²) in [6, 6.07) is 3.67. The van der Waals surface area contributed by atoms with E-state index in [1.165, 1.54) is 34.6 Å². The minimum absolute atomic E-state index is 0.0901. The molecule has 0 saturated heterocycles. The van der Waals surface area contributed by atoms with E-state index in [9.17, 15) is 13.6 Å². The number of urea groups is 1. The zero-order chi connectivity index (χ0) is 17.2. The molecule has 2 heterocycles. The van der Waals surface area contributed by atoms with Gasteiger partial charge < -0.3 is 20.1 Å². The summed E-state index contributed by atoms with van der Waals surface area (Å²) in [5.41, 5.74) is 0.0901. The van der Waals surface area contributed by atoms with Crippen LogP contribution >= 0.6 is 11.8 Å². The van der Waals surface area contributed by atoms with Crippen molar-refractivity contribution < 1.29 is 23.0 Å². The van der Waals surface area contributed by atoms with E-state index in [-0.39, 0.29) is 17.2 Å². The SMILES string of the molecule is Cn1nnnc1SCCNC(=O)Nc1cccc2c1OC(F)(F)O2. The smallest absolute Gasteiger partial charge is 0.395 e. The van der Waals surface area contributed by atoms with Gasteiger partial charge >= 0.3 is 12.3 Å². The van der Waals surface area contributed by atoms with Crippen LogP contribution in [0.4, 0.5) is 19.3 Å². The molecular weight excluding hydrogens is 346 g/mol. The molecule has 0 saturated carbocycles. The molecule has 0 spiro atoms. The van der Waals surface area contributed by atoms with Gasteiger partial charge in [-0.2, -0.15) is 0 Å². The summed E-state index contributed by atoms with van der Waals surface area (Å²) in [4.78, 5) is 11.8. The quantitative estimate of drug-likeness (QED) is 0.616. The van der Waals surface area contributed by atoms with E-state index in [1.807, 2.05) is 0 Å². The second kappa shape index (κ2) is 6.47. The summed E-state index contributed by atoms with van der Waals surface area (Å²) in [6.45, 7) is 0.325. The van der Waals surface area contributed by atoms with E-state index in [4.69, 9.17) is 0 Å². The number of carbonyl (C=O) groups is 1. The fourth-order valence-electron chi connectivity index (χ4n) is 1.88. The summed E-state index contributed by atoms with van der Waals surface area (Å²) in [5.74, 6) is 0.187. The van der Waals surface area contributed by atoms with Crippen LogP contribution in [0.25, 0.3) is 0 Å². The number of alkyl halides is 2. The number of rotatable bonds is 5. The molecule has 2 amide bonds. The Kier molecular flexibility index (Phi) is 4.38. The van der Waals surface area contributed by atoms with Crippen molar-refractivity contribution in [3.63, 3.8) is 0 Å². The maximum atomic E-state index is 13.1. The topological polar surface area (TPSA) is 103 Å². The van der Waals surface area contributed by atoms with E-state index in [0.717, 1.165) is 0 Å². The lowest BCUT2D eigenvalue weighted by Crippen LogP contribution is -2.31. The van der Waals surface area contributed by atoms with Crippen LogP contribution in [0, 0.1) is 0 Å². The third-order valence-electron chi connectivity index (χ3n) is 2.88. The predicted octanol–water partition coefficient (Wildman–Crippen LogP) is 1.45. The van der Waals surface area contributed by atoms with Crippen molar-refractivity contribution in [2.45, 2.75) is 11.5 Å². The largest absolute Gasteiger partial charge is 0.586 e. The van der Waals surface area contributed by atoms with Crippen LogP contribution in [0.5, 0.6) is 11.5 Å². The molecule has 0 unspecified atom stereocenters. The molecule has 0 atom stereocenters. The summed E-state index contributed by atoms with van der Waals surface area (Å²) in [5, 5.41) is 16.6. The number of thioether (sulfide) groups is 1. The number of tetrazole rings is 1. The monoisotopic (exact) mass is 358 g/mol. The van der Waals surface area contributed by atoms with Gasteiger partial charge in [0, 0.05) is 19.3 Å². The molecule has 128 valence electrons. The van der Waals surface area contributed by atoms with Gasteiger partial charge in [0.2, 0.25) is 5.16 Å². The molecule has 3 rings (SSSR count). The molecule has 9 nitrogen and oxygen atoms in total. The number of hydrogen-bond donors (Lipinski definition) is 2. The van der Waals surface area contributed by atoms with E-state index in [0.29, 0.717) is 17.5 Å². The number of benzene rings is 1. The van der Waals surface area contributed by atoms with E-state index < -0.39 is 12.3 Å². The Morgan fingerprint density at radius 2 is 2.25 bits per heavy atom. The number of carbonyl (C=O) groups excluding carboxylic acids is 1. The second-order valence-electron chi connectivity index (χ2n) is 4.61. The molecule has 2 aromatic rings. The van der Waals surface area contributed by atoms with Crippen LogP contribution in [0.3, 0.4) is 0 Å². The molecule has 0 bridgehead atoms. The van der Waals surface area contributed by atoms with Gasteiger partial charge in [0.1, 0.15) is 0 Å². The predicted molar refractivity (Wildman–Crippen MR) is 79.2 cm³/mol. The maximum Gasteiger partial charge on any atom is 0.586 e. The summed E-state index contributed by atoms with van der Waals surface area (Å²) >= 11 is 1.36. The summed E-state index contributed by atoms with van der Waals surface area (Å²) in [7, 11) is 1.70. The Morgan fingerprint density at radius 3 is 3.00 bits per heavy atom. The van der Waals surface area contributed by atoms with E-state index >= 15 is 0 Å². The van der Waals surface area contributed by atoms with Crippen molar-refractivity contribution in [1.29, 1.82) is 0 Å². The van der Waals surface area contributed by atoms with Crippen LogP contribution in [0.15, 0.2) is 23.4 Å². The Labute approximate surface area is 138 Å². The second-order valence-corrected chi connectivity index (χ2v) is 5.68. The molecule has 1 aliphatic heterocycles. The third kappa shape index (κ3) is 3.64. The van der Waals surface area contributed by atoms with Gasteiger partial charge in [-0.15, -0.1) is 13.9 Å². The van der Waals surface area contributed by atoms with Crippen LogP contribution in [-0.2, 0) is 7.05 Å². The van der Waals surface area contributed by atoms with Crippen LogP contribution < -0.4 is 20.1 Å². The molecule has 0 radical (unpaired) electrons. The van der Waals surface area contributed by atoms with Gasteiger partial charge in [-0.25, -0.2) is 9.48 Å². The molecule has 1 aromatic carbocycles. The van der Waals surface area contributed by atoms with Crippen molar-refractivity contribution in [3.05, 3.63) is 18.2 Å². The van der Waals surface area contributed by atoms with Gasteiger partial charge in [-0.1, -0.05) is 17.8 Å². The van der Waals surface area contributed by atoms with Gasteiger partial charge in [-0.3, -0.25) is 0 Å². The first kappa shape index (κ1) is 16.2. The number of nitrogens with one attached hydrogen (secondary N) is 2. The first-order valence-electron chi connectivity index (χ1n) is 6.73. The minimum atomic E-state index is -3.74. The highest BCUT2D eigenvalue weighted by atomic mass is 32.2. The number of ether oxygens (including phenoxy) is 2. The summed E-state index contributed by atoms with van der Waals surface area (Å²) < 4.78 is 36.4. The standard InChI is InChI=1S/C12H12F2N6O3S/c1-20-11(17-18-19-20)24-6-5-15-10(21)16-7-3-2-4-8-9(7)23-12(13,14)22-8/h2-4H,5-6H2,1H3,(H2,15,16,21). The first-order valence-corrected chi connectivity index (χ1v) is 7.72.